The highest BCUT2D eigenvalue weighted by Crippen LogP contribution is 2.26. The first kappa shape index (κ1) is 19.5. The van der Waals surface area contributed by atoms with Crippen molar-refractivity contribution < 1.29 is 14.3 Å². The van der Waals surface area contributed by atoms with Crippen LogP contribution in [0.2, 0.25) is 0 Å². The van der Waals surface area contributed by atoms with Crippen LogP contribution in [0.1, 0.15) is 37.7 Å². The fourth-order valence-corrected chi connectivity index (χ4v) is 3.15. The van der Waals surface area contributed by atoms with Gasteiger partial charge >= 0.3 is 0 Å². The summed E-state index contributed by atoms with van der Waals surface area (Å²) in [5, 5.41) is 9.21. The summed E-state index contributed by atoms with van der Waals surface area (Å²) in [5.74, 6) is 0.956. The molecule has 2 aliphatic heterocycles. The van der Waals surface area contributed by atoms with Gasteiger partial charge in [-0.25, -0.2) is 0 Å². The average molecular weight is 368 g/mol. The molecule has 1 fully saturated rings. The van der Waals surface area contributed by atoms with E-state index < -0.39 is 0 Å². The van der Waals surface area contributed by atoms with Crippen molar-refractivity contribution >= 4 is 29.9 Å². The highest BCUT2D eigenvalue weighted by atomic mass is 35.5. The minimum absolute atomic E-state index is 0. The molecule has 25 heavy (non-hydrogen) atoms. The van der Waals surface area contributed by atoms with Crippen LogP contribution < -0.4 is 20.7 Å². The maximum absolute atomic E-state index is 11.9. The zero-order chi connectivity index (χ0) is 16.8. The first-order chi connectivity index (χ1) is 11.7. The Hall–Kier alpha value is -1.79. The summed E-state index contributed by atoms with van der Waals surface area (Å²) in [7, 11) is 0. The Morgan fingerprint density at radius 3 is 3.00 bits per heavy atom. The number of aryl methyl sites for hydroxylation is 1. The van der Waals surface area contributed by atoms with Crippen molar-refractivity contribution in [2.24, 2.45) is 0 Å². The molecule has 3 rings (SSSR count). The SMILES string of the molecule is Cl.O=C1CCc2cc(OCCCC(=O)NC3CCCNC3)ccc2N1. The van der Waals surface area contributed by atoms with Gasteiger partial charge in [-0.1, -0.05) is 0 Å². The van der Waals surface area contributed by atoms with Crippen LogP contribution in [0.4, 0.5) is 5.69 Å². The van der Waals surface area contributed by atoms with E-state index in [1.165, 1.54) is 0 Å². The second-order valence-electron chi connectivity index (χ2n) is 6.43. The molecule has 0 bridgehead atoms. The van der Waals surface area contributed by atoms with Gasteiger partial charge in [-0.15, -0.1) is 12.4 Å². The van der Waals surface area contributed by atoms with E-state index in [2.05, 4.69) is 16.0 Å². The van der Waals surface area contributed by atoms with Gasteiger partial charge in [0.05, 0.1) is 6.61 Å². The van der Waals surface area contributed by atoms with Gasteiger partial charge in [0.2, 0.25) is 11.8 Å². The molecular weight excluding hydrogens is 342 g/mol. The van der Waals surface area contributed by atoms with Gasteiger partial charge in [0, 0.05) is 31.1 Å². The molecule has 1 aromatic carbocycles. The summed E-state index contributed by atoms with van der Waals surface area (Å²) in [5.41, 5.74) is 1.98. The largest absolute Gasteiger partial charge is 0.494 e. The molecule has 0 saturated carbocycles. The first-order valence-electron chi connectivity index (χ1n) is 8.76. The maximum Gasteiger partial charge on any atom is 0.224 e. The number of nitrogens with one attached hydrogen (secondary N) is 3. The van der Waals surface area contributed by atoms with Gasteiger partial charge in [-0.3, -0.25) is 9.59 Å². The van der Waals surface area contributed by atoms with Gasteiger partial charge in [-0.05, 0) is 56.0 Å². The van der Waals surface area contributed by atoms with Crippen molar-refractivity contribution in [3.8, 4) is 5.75 Å². The van der Waals surface area contributed by atoms with Gasteiger partial charge in [0.15, 0.2) is 0 Å². The normalized spacial score (nSPS) is 19.2. The average Bonchev–Trinajstić information content (AvgIpc) is 2.59. The van der Waals surface area contributed by atoms with Crippen molar-refractivity contribution in [3.63, 3.8) is 0 Å². The number of piperidine rings is 1. The number of carbonyl (C=O) groups excluding carboxylic acids is 2. The second kappa shape index (κ2) is 9.63. The summed E-state index contributed by atoms with van der Waals surface area (Å²) in [6.45, 7) is 2.43. The predicted molar refractivity (Wildman–Crippen MR) is 99.4 cm³/mol. The summed E-state index contributed by atoms with van der Waals surface area (Å²) >= 11 is 0. The number of anilines is 1. The molecule has 1 atom stereocenters. The molecule has 2 heterocycles. The molecule has 0 aromatic heterocycles. The number of hydrogen-bond acceptors (Lipinski definition) is 4. The Morgan fingerprint density at radius 2 is 2.20 bits per heavy atom. The number of halogens is 1. The molecular formula is C18H26ClN3O3. The van der Waals surface area contributed by atoms with Gasteiger partial charge in [-0.2, -0.15) is 0 Å². The van der Waals surface area contributed by atoms with Crippen molar-refractivity contribution in [1.29, 1.82) is 0 Å². The Labute approximate surface area is 154 Å². The quantitative estimate of drug-likeness (QED) is 0.672. The zero-order valence-electron chi connectivity index (χ0n) is 14.3. The van der Waals surface area contributed by atoms with E-state index in [9.17, 15) is 9.59 Å². The summed E-state index contributed by atoms with van der Waals surface area (Å²) in [6.07, 6.45) is 4.62. The molecule has 1 aromatic rings. The number of fused-ring (bicyclic) bond motifs is 1. The van der Waals surface area contributed by atoms with Crippen LogP contribution in [0.5, 0.6) is 5.75 Å². The van der Waals surface area contributed by atoms with Crippen LogP contribution in [0.25, 0.3) is 0 Å². The highest BCUT2D eigenvalue weighted by molar-refractivity contribution is 5.94. The predicted octanol–water partition coefficient (Wildman–Crippen LogP) is 2.02. The summed E-state index contributed by atoms with van der Waals surface area (Å²) in [4.78, 5) is 23.3. The fourth-order valence-electron chi connectivity index (χ4n) is 3.15. The van der Waals surface area contributed by atoms with Crippen LogP contribution >= 0.6 is 12.4 Å². The second-order valence-corrected chi connectivity index (χ2v) is 6.43. The van der Waals surface area contributed by atoms with Gasteiger partial charge < -0.3 is 20.7 Å². The Bertz CT molecular complexity index is 603. The molecule has 7 heteroatoms. The molecule has 0 spiro atoms. The molecule has 2 amide bonds. The lowest BCUT2D eigenvalue weighted by Crippen LogP contribution is -2.45. The fraction of sp³-hybridized carbons (Fsp3) is 0.556. The third-order valence-electron chi connectivity index (χ3n) is 4.45. The van der Waals surface area contributed by atoms with E-state index in [1.54, 1.807) is 0 Å². The molecule has 1 saturated heterocycles. The van der Waals surface area contributed by atoms with Gasteiger partial charge in [0.25, 0.3) is 0 Å². The van der Waals surface area contributed by atoms with Gasteiger partial charge in [0.1, 0.15) is 5.75 Å². The van der Waals surface area contributed by atoms with E-state index in [0.29, 0.717) is 25.9 Å². The maximum atomic E-state index is 11.9. The Kier molecular flexibility index (Phi) is 7.52. The number of hydrogen-bond donors (Lipinski definition) is 3. The van der Waals surface area contributed by atoms with E-state index in [1.807, 2.05) is 18.2 Å². The summed E-state index contributed by atoms with van der Waals surface area (Å²) in [6, 6.07) is 5.98. The zero-order valence-corrected chi connectivity index (χ0v) is 15.1. The standard InChI is InChI=1S/C18H25N3O3.ClH/c22-17(20-14-3-1-9-19-12-14)4-2-10-24-15-6-7-16-13(11-15)5-8-18(23)21-16;/h6-7,11,14,19H,1-5,8-10,12H2,(H,20,22)(H,21,23);1H. The topological polar surface area (TPSA) is 79.5 Å². The lowest BCUT2D eigenvalue weighted by atomic mass is 10.0. The molecule has 0 aliphatic carbocycles. The third-order valence-corrected chi connectivity index (χ3v) is 4.45. The lowest BCUT2D eigenvalue weighted by Gasteiger charge is -2.23. The van der Waals surface area contributed by atoms with Crippen molar-refractivity contribution in [2.45, 2.75) is 44.6 Å². The Balaban J connectivity index is 0.00000225. The van der Waals surface area contributed by atoms with Crippen molar-refractivity contribution in [1.82, 2.24) is 10.6 Å². The van der Waals surface area contributed by atoms with Crippen molar-refractivity contribution in [2.75, 3.05) is 25.0 Å². The molecule has 2 aliphatic rings. The number of rotatable bonds is 6. The Morgan fingerprint density at radius 1 is 1.32 bits per heavy atom. The molecule has 0 radical (unpaired) electrons. The van der Waals surface area contributed by atoms with Crippen LogP contribution in [-0.4, -0.2) is 37.6 Å². The van der Waals surface area contributed by atoms with E-state index in [4.69, 9.17) is 4.74 Å². The van der Waals surface area contributed by atoms with E-state index in [-0.39, 0.29) is 30.3 Å². The third kappa shape index (κ3) is 5.90. The highest BCUT2D eigenvalue weighted by Gasteiger charge is 2.16. The molecule has 1 unspecified atom stereocenters. The molecule has 6 nitrogen and oxygen atoms in total. The smallest absolute Gasteiger partial charge is 0.224 e. The van der Waals surface area contributed by atoms with Crippen molar-refractivity contribution in [3.05, 3.63) is 23.8 Å². The molecule has 3 N–H and O–H groups in total. The number of amides is 2. The number of carbonyl (C=O) groups is 2. The van der Waals surface area contributed by atoms with E-state index in [0.717, 1.165) is 49.4 Å². The lowest BCUT2D eigenvalue weighted by molar-refractivity contribution is -0.122. The number of ether oxygens (including phenoxy) is 1. The van der Waals surface area contributed by atoms with E-state index >= 15 is 0 Å². The molecule has 138 valence electrons. The van der Waals surface area contributed by atoms with Crippen LogP contribution in [-0.2, 0) is 16.0 Å². The monoisotopic (exact) mass is 367 g/mol. The summed E-state index contributed by atoms with van der Waals surface area (Å²) < 4.78 is 5.73. The first-order valence-corrected chi connectivity index (χ1v) is 8.76. The van der Waals surface area contributed by atoms with Crippen LogP contribution in [0, 0.1) is 0 Å². The minimum Gasteiger partial charge on any atom is -0.494 e. The number of benzene rings is 1. The minimum atomic E-state index is 0. The van der Waals surface area contributed by atoms with Crippen LogP contribution in [0.3, 0.4) is 0 Å². The van der Waals surface area contributed by atoms with Crippen LogP contribution in [0.15, 0.2) is 18.2 Å².